The molecular formula is C18H22N4. The summed E-state index contributed by atoms with van der Waals surface area (Å²) in [5, 5.41) is 1.71. The Bertz CT molecular complexity index is 689. The Morgan fingerprint density at radius 3 is 2.55 bits per heavy atom. The molecule has 4 N–H and O–H groups in total. The molecule has 0 fully saturated rings. The Balaban J connectivity index is 1.68. The van der Waals surface area contributed by atoms with E-state index in [9.17, 15) is 0 Å². The number of amidine groups is 1. The lowest BCUT2D eigenvalue weighted by atomic mass is 9.99. The molecule has 1 aliphatic heterocycles. The number of anilines is 1. The molecule has 0 aliphatic carbocycles. The third-order valence-electron chi connectivity index (χ3n) is 4.14. The summed E-state index contributed by atoms with van der Waals surface area (Å²) in [6.45, 7) is 3.71. The van der Waals surface area contributed by atoms with E-state index in [4.69, 9.17) is 11.6 Å². The van der Waals surface area contributed by atoms with Gasteiger partial charge in [0.15, 0.2) is 0 Å². The lowest BCUT2D eigenvalue weighted by molar-refractivity contribution is 0.484. The topological polar surface area (TPSA) is 67.6 Å². The van der Waals surface area contributed by atoms with Gasteiger partial charge < -0.3 is 5.73 Å². The van der Waals surface area contributed by atoms with Gasteiger partial charge in [0.1, 0.15) is 5.84 Å². The molecule has 4 heteroatoms. The Morgan fingerprint density at radius 2 is 1.86 bits per heavy atom. The number of rotatable bonds is 4. The van der Waals surface area contributed by atoms with E-state index in [-0.39, 0.29) is 0 Å². The van der Waals surface area contributed by atoms with Crippen molar-refractivity contribution in [2.75, 3.05) is 18.8 Å². The van der Waals surface area contributed by atoms with Gasteiger partial charge >= 0.3 is 0 Å². The summed E-state index contributed by atoms with van der Waals surface area (Å²) in [4.78, 5) is 4.44. The van der Waals surface area contributed by atoms with Crippen molar-refractivity contribution < 1.29 is 0 Å². The fourth-order valence-corrected chi connectivity index (χ4v) is 2.78. The van der Waals surface area contributed by atoms with Crippen molar-refractivity contribution in [1.82, 2.24) is 5.01 Å². The number of benzene rings is 2. The molecule has 0 radical (unpaired) electrons. The molecule has 0 aromatic heterocycles. The van der Waals surface area contributed by atoms with Crippen molar-refractivity contribution >= 4 is 11.5 Å². The van der Waals surface area contributed by atoms with E-state index >= 15 is 0 Å². The van der Waals surface area contributed by atoms with Crippen molar-refractivity contribution in [1.29, 1.82) is 0 Å². The Hall–Kier alpha value is -2.33. The summed E-state index contributed by atoms with van der Waals surface area (Å²) >= 11 is 0. The Labute approximate surface area is 131 Å². The monoisotopic (exact) mass is 294 g/mol. The van der Waals surface area contributed by atoms with Crippen molar-refractivity contribution in [3.63, 3.8) is 0 Å². The zero-order valence-corrected chi connectivity index (χ0v) is 12.9. The van der Waals surface area contributed by atoms with Gasteiger partial charge in [-0.15, -0.1) is 0 Å². The zero-order valence-electron chi connectivity index (χ0n) is 12.9. The molecule has 114 valence electrons. The second kappa shape index (κ2) is 6.20. The molecular weight excluding hydrogens is 272 g/mol. The first-order valence-corrected chi connectivity index (χ1v) is 7.64. The van der Waals surface area contributed by atoms with Crippen LogP contribution in [0.3, 0.4) is 0 Å². The molecule has 2 aromatic rings. The van der Waals surface area contributed by atoms with Gasteiger partial charge in [-0.2, -0.15) is 0 Å². The SMILES string of the molecule is Cc1ccc(N)cc1CCc1ccc(C2=NCCN2N)cc1. The zero-order chi connectivity index (χ0) is 15.5. The maximum atomic E-state index is 5.91. The van der Waals surface area contributed by atoms with Crippen LogP contribution >= 0.6 is 0 Å². The second-order valence-electron chi connectivity index (χ2n) is 5.78. The number of nitrogens with zero attached hydrogens (tertiary/aromatic N) is 2. The highest BCUT2D eigenvalue weighted by Gasteiger charge is 2.14. The summed E-state index contributed by atoms with van der Waals surface area (Å²) in [5.41, 5.74) is 11.7. The molecule has 0 bridgehead atoms. The van der Waals surface area contributed by atoms with Crippen LogP contribution in [0, 0.1) is 6.92 Å². The molecule has 1 aliphatic rings. The minimum Gasteiger partial charge on any atom is -0.399 e. The minimum atomic E-state index is 0.780. The number of hydrogen-bond acceptors (Lipinski definition) is 4. The quantitative estimate of drug-likeness (QED) is 0.671. The number of hydrogen-bond donors (Lipinski definition) is 2. The van der Waals surface area contributed by atoms with E-state index in [0.717, 1.165) is 43.0 Å². The molecule has 0 saturated carbocycles. The van der Waals surface area contributed by atoms with Crippen LogP contribution < -0.4 is 11.6 Å². The van der Waals surface area contributed by atoms with Gasteiger partial charge in [-0.05, 0) is 48.6 Å². The summed E-state index contributed by atoms with van der Waals surface area (Å²) < 4.78 is 0. The van der Waals surface area contributed by atoms with E-state index < -0.39 is 0 Å². The molecule has 0 spiro atoms. The number of aliphatic imine (C=N–C) groups is 1. The summed E-state index contributed by atoms with van der Waals surface area (Å²) in [6.07, 6.45) is 2.00. The third kappa shape index (κ3) is 3.12. The number of aryl methyl sites for hydroxylation is 3. The molecule has 4 nitrogen and oxygen atoms in total. The van der Waals surface area contributed by atoms with E-state index in [1.807, 2.05) is 6.07 Å². The normalized spacial score (nSPS) is 14.3. The Kier molecular flexibility index (Phi) is 4.11. The van der Waals surface area contributed by atoms with Crippen molar-refractivity contribution in [3.05, 3.63) is 64.7 Å². The van der Waals surface area contributed by atoms with E-state index in [0.29, 0.717) is 0 Å². The number of hydrazine groups is 1. The molecule has 2 aromatic carbocycles. The van der Waals surface area contributed by atoms with Crippen LogP contribution in [0.5, 0.6) is 0 Å². The Morgan fingerprint density at radius 1 is 1.09 bits per heavy atom. The highest BCUT2D eigenvalue weighted by atomic mass is 15.5. The maximum Gasteiger partial charge on any atom is 0.145 e. The fraction of sp³-hybridized carbons (Fsp3) is 0.278. The van der Waals surface area contributed by atoms with Crippen LogP contribution in [0.15, 0.2) is 47.5 Å². The molecule has 22 heavy (non-hydrogen) atoms. The van der Waals surface area contributed by atoms with Crippen LogP contribution in [0.2, 0.25) is 0 Å². The molecule has 1 heterocycles. The van der Waals surface area contributed by atoms with E-state index in [2.05, 4.69) is 48.3 Å². The highest BCUT2D eigenvalue weighted by Crippen LogP contribution is 2.16. The van der Waals surface area contributed by atoms with Gasteiger partial charge in [0.25, 0.3) is 0 Å². The van der Waals surface area contributed by atoms with Gasteiger partial charge in [-0.1, -0.05) is 30.3 Å². The van der Waals surface area contributed by atoms with Gasteiger partial charge in [0.2, 0.25) is 0 Å². The van der Waals surface area contributed by atoms with Gasteiger partial charge in [-0.25, -0.2) is 5.84 Å². The maximum absolute atomic E-state index is 5.91. The van der Waals surface area contributed by atoms with Crippen LogP contribution in [-0.4, -0.2) is 23.9 Å². The first-order chi connectivity index (χ1) is 10.6. The van der Waals surface area contributed by atoms with E-state index in [1.165, 1.54) is 16.7 Å². The van der Waals surface area contributed by atoms with Crippen molar-refractivity contribution in [3.8, 4) is 0 Å². The smallest absolute Gasteiger partial charge is 0.145 e. The van der Waals surface area contributed by atoms with Gasteiger partial charge in [-0.3, -0.25) is 10.0 Å². The highest BCUT2D eigenvalue weighted by molar-refractivity contribution is 5.99. The molecule has 0 atom stereocenters. The van der Waals surface area contributed by atoms with E-state index in [1.54, 1.807) is 5.01 Å². The average molecular weight is 294 g/mol. The average Bonchev–Trinajstić information content (AvgIpc) is 2.95. The van der Waals surface area contributed by atoms with Crippen LogP contribution in [0.1, 0.15) is 22.3 Å². The lowest BCUT2D eigenvalue weighted by Gasteiger charge is -2.13. The fourth-order valence-electron chi connectivity index (χ4n) is 2.78. The van der Waals surface area contributed by atoms with Gasteiger partial charge in [0, 0.05) is 11.3 Å². The molecule has 0 unspecified atom stereocenters. The van der Waals surface area contributed by atoms with Crippen LogP contribution in [0.25, 0.3) is 0 Å². The van der Waals surface area contributed by atoms with Gasteiger partial charge in [0.05, 0.1) is 13.1 Å². The van der Waals surface area contributed by atoms with Crippen LogP contribution in [-0.2, 0) is 12.8 Å². The molecule has 0 saturated heterocycles. The first kappa shape index (κ1) is 14.6. The molecule has 0 amide bonds. The number of nitrogen functional groups attached to an aromatic ring is 1. The second-order valence-corrected chi connectivity index (χ2v) is 5.78. The summed E-state index contributed by atoms with van der Waals surface area (Å²) in [6, 6.07) is 14.6. The summed E-state index contributed by atoms with van der Waals surface area (Å²) in [7, 11) is 0. The van der Waals surface area contributed by atoms with Crippen LogP contribution in [0.4, 0.5) is 5.69 Å². The predicted molar refractivity (Wildman–Crippen MR) is 91.7 cm³/mol. The molecule has 3 rings (SSSR count). The predicted octanol–water partition coefficient (Wildman–Crippen LogP) is 2.30. The minimum absolute atomic E-state index is 0.780. The third-order valence-corrected chi connectivity index (χ3v) is 4.14. The first-order valence-electron chi connectivity index (χ1n) is 7.64. The van der Waals surface area contributed by atoms with Crippen molar-refractivity contribution in [2.24, 2.45) is 10.8 Å². The number of nitrogens with two attached hydrogens (primary N) is 2. The summed E-state index contributed by atoms with van der Waals surface area (Å²) in [5.74, 6) is 6.79. The van der Waals surface area contributed by atoms with Crippen molar-refractivity contribution in [2.45, 2.75) is 19.8 Å². The lowest BCUT2D eigenvalue weighted by Crippen LogP contribution is -2.34. The standard InChI is InChI=1S/C18H22N4/c1-13-2-9-17(19)12-16(13)8-5-14-3-6-15(7-4-14)18-21-10-11-22(18)20/h2-4,6-7,9,12H,5,8,10-11,19-20H2,1H3. The largest absolute Gasteiger partial charge is 0.399 e.